The van der Waals surface area contributed by atoms with Crippen molar-refractivity contribution in [3.05, 3.63) is 169 Å². The van der Waals surface area contributed by atoms with Crippen LogP contribution in [0.4, 0.5) is 0 Å². The van der Waals surface area contributed by atoms with E-state index >= 15 is 0 Å². The van der Waals surface area contributed by atoms with Crippen molar-refractivity contribution in [3.8, 4) is 73.0 Å². The molecule has 10 aromatic rings. The standard InChI is InChI=1S/C56H47N5OSi/c1-55(2,3)44-31-40-35-18-8-9-19-36(35)43-32-57-33-58-52(43)38-21-11-10-20-37(38)39(40)30-41(44)42-28-34(29-45-53(42)62-50-26-16-17-27-51(50)63(6,7)56(45,4)5)60-48-24-14-15-25-49(48)61-47-23-13-12-22-46(47)59-54(60)61/h8-33H,1-7H3. The molecule has 0 radical (unpaired) electrons. The summed E-state index contributed by atoms with van der Waals surface area (Å²) in [6.45, 7) is 16.9. The van der Waals surface area contributed by atoms with E-state index in [0.717, 1.165) is 95.2 Å². The van der Waals surface area contributed by atoms with Crippen molar-refractivity contribution in [1.29, 1.82) is 0 Å². The van der Waals surface area contributed by atoms with E-state index in [4.69, 9.17) is 14.7 Å². The minimum Gasteiger partial charge on any atom is -0.457 e. The molecule has 0 bridgehead atoms. The zero-order valence-corrected chi connectivity index (χ0v) is 37.7. The quantitative estimate of drug-likeness (QED) is 0.163. The molecule has 0 spiro atoms. The summed E-state index contributed by atoms with van der Waals surface area (Å²) < 4.78 is 12.2. The van der Waals surface area contributed by atoms with E-state index in [2.05, 4.69) is 207 Å². The Labute approximate surface area is 368 Å². The average Bonchev–Trinajstić information content (AvgIpc) is 3.81. The maximum atomic E-state index is 7.47. The zero-order valence-electron chi connectivity index (χ0n) is 36.7. The SMILES string of the molecule is CC(C)(C)c1cc2c(cc1-c1cc(-n3c4ccccc4n4c5ccccc5nc34)cc3c1Oc1ccccc1[Si](C)(C)C3(C)C)-c1ccccc1-c1ncncc1-c1ccccc1-2. The Morgan fingerprint density at radius 1 is 0.587 bits per heavy atom. The molecule has 6 nitrogen and oxygen atoms in total. The highest BCUT2D eigenvalue weighted by Crippen LogP contribution is 2.54. The fraction of sp³-hybridized carbons (Fsp3) is 0.161. The first-order chi connectivity index (χ1) is 30.4. The molecule has 0 fully saturated rings. The fourth-order valence-electron chi connectivity index (χ4n) is 10.5. The molecule has 4 heterocycles. The number of rotatable bonds is 2. The van der Waals surface area contributed by atoms with Crippen molar-refractivity contribution in [2.75, 3.05) is 0 Å². The Morgan fingerprint density at radius 3 is 1.97 bits per heavy atom. The van der Waals surface area contributed by atoms with Gasteiger partial charge in [0.1, 0.15) is 17.8 Å². The number of para-hydroxylation sites is 5. The van der Waals surface area contributed by atoms with Crippen LogP contribution in [0.5, 0.6) is 11.5 Å². The summed E-state index contributed by atoms with van der Waals surface area (Å²) >= 11 is 0. The molecule has 12 rings (SSSR count). The summed E-state index contributed by atoms with van der Waals surface area (Å²) in [7, 11) is -2.28. The minimum atomic E-state index is -2.28. The molecular weight excluding hydrogens is 787 g/mol. The van der Waals surface area contributed by atoms with E-state index in [0.29, 0.717) is 0 Å². The molecule has 0 atom stereocenters. The summed E-state index contributed by atoms with van der Waals surface area (Å²) in [4.78, 5) is 14.9. The second kappa shape index (κ2) is 13.2. The van der Waals surface area contributed by atoms with Gasteiger partial charge in [-0.15, -0.1) is 0 Å². The molecule has 0 amide bonds. The third-order valence-electron chi connectivity index (χ3n) is 14.4. The molecule has 306 valence electrons. The molecule has 1 aliphatic carbocycles. The Kier molecular flexibility index (Phi) is 7.89. The topological polar surface area (TPSA) is 57.2 Å². The van der Waals surface area contributed by atoms with Crippen LogP contribution < -0.4 is 9.92 Å². The molecule has 1 aliphatic heterocycles. The van der Waals surface area contributed by atoms with E-state index in [-0.39, 0.29) is 10.5 Å². The van der Waals surface area contributed by atoms with Gasteiger partial charge in [-0.25, -0.2) is 15.0 Å². The molecule has 7 heteroatoms. The Morgan fingerprint density at radius 2 is 1.21 bits per heavy atom. The van der Waals surface area contributed by atoms with Gasteiger partial charge in [0.25, 0.3) is 0 Å². The lowest BCUT2D eigenvalue weighted by Crippen LogP contribution is -2.56. The lowest BCUT2D eigenvalue weighted by atomic mass is 9.75. The smallest absolute Gasteiger partial charge is 0.220 e. The molecule has 7 aromatic carbocycles. The van der Waals surface area contributed by atoms with E-state index in [1.807, 2.05) is 6.20 Å². The van der Waals surface area contributed by atoms with E-state index < -0.39 is 8.07 Å². The molecule has 0 saturated heterocycles. The maximum Gasteiger partial charge on any atom is 0.220 e. The van der Waals surface area contributed by atoms with Gasteiger partial charge in [-0.05, 0) is 109 Å². The predicted octanol–water partition coefficient (Wildman–Crippen LogP) is 13.7. The first kappa shape index (κ1) is 37.7. The van der Waals surface area contributed by atoms with Crippen molar-refractivity contribution < 1.29 is 4.74 Å². The second-order valence-corrected chi connectivity index (χ2v) is 24.4. The Bertz CT molecular complexity index is 3550. The zero-order chi connectivity index (χ0) is 43.0. The van der Waals surface area contributed by atoms with Gasteiger partial charge in [0.05, 0.1) is 41.5 Å². The van der Waals surface area contributed by atoms with Crippen LogP contribution >= 0.6 is 0 Å². The van der Waals surface area contributed by atoms with Gasteiger partial charge in [0.2, 0.25) is 5.78 Å². The minimum absolute atomic E-state index is 0.250. The van der Waals surface area contributed by atoms with Gasteiger partial charge in [0.15, 0.2) is 0 Å². The third-order valence-corrected chi connectivity index (χ3v) is 19.5. The molecule has 0 unspecified atom stereocenters. The summed E-state index contributed by atoms with van der Waals surface area (Å²) in [6.07, 6.45) is 3.64. The van der Waals surface area contributed by atoms with Crippen LogP contribution in [-0.4, -0.2) is 32.0 Å². The number of fused-ring (bicyclic) bond motifs is 15. The fourth-order valence-corrected chi connectivity index (χ4v) is 13.3. The van der Waals surface area contributed by atoms with Gasteiger partial charge < -0.3 is 4.74 Å². The Balaban J connectivity index is 1.25. The van der Waals surface area contributed by atoms with Crippen LogP contribution in [0.25, 0.3) is 89.3 Å². The van der Waals surface area contributed by atoms with Gasteiger partial charge in [-0.2, -0.15) is 0 Å². The summed E-state index contributed by atoms with van der Waals surface area (Å²) in [5.74, 6) is 2.75. The largest absolute Gasteiger partial charge is 0.457 e. The monoisotopic (exact) mass is 833 g/mol. The highest BCUT2D eigenvalue weighted by molar-refractivity contribution is 6.92. The van der Waals surface area contributed by atoms with Crippen molar-refractivity contribution in [3.63, 3.8) is 0 Å². The van der Waals surface area contributed by atoms with Crippen molar-refractivity contribution in [2.45, 2.75) is 58.2 Å². The van der Waals surface area contributed by atoms with Crippen LogP contribution in [0, 0.1) is 0 Å². The van der Waals surface area contributed by atoms with Gasteiger partial charge in [-0.1, -0.05) is 139 Å². The molecule has 3 aromatic heterocycles. The summed E-state index contributed by atoms with van der Waals surface area (Å²) in [5, 5.41) is 1.08. The van der Waals surface area contributed by atoms with Crippen LogP contribution in [0.2, 0.25) is 13.1 Å². The first-order valence-electron chi connectivity index (χ1n) is 21.9. The van der Waals surface area contributed by atoms with Crippen molar-refractivity contribution in [1.82, 2.24) is 23.9 Å². The normalized spacial score (nSPS) is 14.7. The molecule has 2 aliphatic rings. The van der Waals surface area contributed by atoms with Crippen LogP contribution in [0.15, 0.2) is 158 Å². The van der Waals surface area contributed by atoms with E-state index in [1.54, 1.807) is 6.33 Å². The van der Waals surface area contributed by atoms with E-state index in [9.17, 15) is 0 Å². The number of aromatic nitrogens is 5. The Hall–Kier alpha value is -7.09. The number of imidazole rings is 2. The average molecular weight is 834 g/mol. The highest BCUT2D eigenvalue weighted by Gasteiger charge is 2.48. The maximum absolute atomic E-state index is 7.47. The molecule has 0 N–H and O–H groups in total. The summed E-state index contributed by atoms with van der Waals surface area (Å²) in [5.41, 5.74) is 18.5. The van der Waals surface area contributed by atoms with E-state index in [1.165, 1.54) is 21.9 Å². The van der Waals surface area contributed by atoms with Crippen LogP contribution in [-0.2, 0) is 10.5 Å². The van der Waals surface area contributed by atoms with Gasteiger partial charge >= 0.3 is 0 Å². The van der Waals surface area contributed by atoms with Gasteiger partial charge in [-0.3, -0.25) is 8.97 Å². The van der Waals surface area contributed by atoms with Crippen LogP contribution in [0.1, 0.15) is 45.7 Å². The van der Waals surface area contributed by atoms with Crippen LogP contribution in [0.3, 0.4) is 0 Å². The second-order valence-electron chi connectivity index (χ2n) is 19.3. The lowest BCUT2D eigenvalue weighted by Gasteiger charge is -2.40. The first-order valence-corrected chi connectivity index (χ1v) is 24.9. The van der Waals surface area contributed by atoms with Crippen molar-refractivity contribution in [2.24, 2.45) is 0 Å². The number of hydrogen-bond acceptors (Lipinski definition) is 4. The number of hydrogen-bond donors (Lipinski definition) is 0. The van der Waals surface area contributed by atoms with Gasteiger partial charge in [0, 0.05) is 28.5 Å². The number of benzene rings is 7. The van der Waals surface area contributed by atoms with Crippen molar-refractivity contribution >= 4 is 41.1 Å². The number of nitrogens with zero attached hydrogens (tertiary/aromatic N) is 5. The summed E-state index contributed by atoms with van der Waals surface area (Å²) in [6, 6.07) is 53.1. The third kappa shape index (κ3) is 5.32. The molecule has 0 saturated carbocycles. The predicted molar refractivity (Wildman–Crippen MR) is 261 cm³/mol. The highest BCUT2D eigenvalue weighted by atomic mass is 28.3. The molecular formula is C56H47N5OSi. The lowest BCUT2D eigenvalue weighted by molar-refractivity contribution is 0.478. The number of ether oxygens (including phenoxy) is 1. The molecule has 63 heavy (non-hydrogen) atoms.